The normalized spacial score (nSPS) is 20.6. The van der Waals surface area contributed by atoms with Crippen molar-refractivity contribution in [1.29, 1.82) is 10.5 Å². The second-order valence-electron chi connectivity index (χ2n) is 7.89. The van der Waals surface area contributed by atoms with E-state index in [9.17, 15) is 10.5 Å². The molecule has 1 heterocycles. The minimum absolute atomic E-state index is 0.367. The molecule has 140 valence electrons. The quantitative estimate of drug-likeness (QED) is 0.533. The van der Waals surface area contributed by atoms with Crippen molar-refractivity contribution in [3.8, 4) is 23.3 Å². The summed E-state index contributed by atoms with van der Waals surface area (Å²) in [6.45, 7) is 0. The predicted octanol–water partition coefficient (Wildman–Crippen LogP) is 5.67. The molecule has 0 N–H and O–H groups in total. The van der Waals surface area contributed by atoms with Gasteiger partial charge < -0.3 is 0 Å². The van der Waals surface area contributed by atoms with E-state index in [1.54, 1.807) is 0 Å². The molecule has 0 unspecified atom stereocenters. The van der Waals surface area contributed by atoms with E-state index in [0.717, 1.165) is 16.7 Å². The summed E-state index contributed by atoms with van der Waals surface area (Å²) in [5.41, 5.74) is 3.91. The molecule has 0 radical (unpaired) electrons. The van der Waals surface area contributed by atoms with Crippen molar-refractivity contribution in [3.05, 3.63) is 94.5 Å². The van der Waals surface area contributed by atoms with E-state index in [2.05, 4.69) is 41.3 Å². The summed E-state index contributed by atoms with van der Waals surface area (Å²) < 4.78 is 0. The van der Waals surface area contributed by atoms with Gasteiger partial charge in [0.1, 0.15) is 0 Å². The van der Waals surface area contributed by atoms with E-state index in [-0.39, 0.29) is 6.04 Å². The first-order valence-electron chi connectivity index (χ1n) is 9.58. The molecule has 2 aliphatic rings. The Morgan fingerprint density at radius 1 is 0.862 bits per heavy atom. The van der Waals surface area contributed by atoms with Crippen LogP contribution in [-0.2, 0) is 5.54 Å². The maximum absolute atomic E-state index is 10.2. The lowest BCUT2D eigenvalue weighted by Crippen LogP contribution is -2.39. The average Bonchev–Trinajstić information content (AvgIpc) is 3.20. The van der Waals surface area contributed by atoms with Crippen LogP contribution in [0.2, 0.25) is 5.02 Å². The predicted molar refractivity (Wildman–Crippen MR) is 113 cm³/mol. The molecule has 0 saturated carbocycles. The van der Waals surface area contributed by atoms with Crippen molar-refractivity contribution < 1.29 is 0 Å². The van der Waals surface area contributed by atoms with E-state index in [1.807, 2.05) is 55.6 Å². The van der Waals surface area contributed by atoms with Gasteiger partial charge in [0, 0.05) is 11.4 Å². The van der Waals surface area contributed by atoms with E-state index in [1.165, 1.54) is 11.1 Å². The highest BCUT2D eigenvalue weighted by molar-refractivity contribution is 6.30. The second-order valence-corrected chi connectivity index (χ2v) is 8.32. The van der Waals surface area contributed by atoms with Gasteiger partial charge in [-0.05, 0) is 47.0 Å². The van der Waals surface area contributed by atoms with Gasteiger partial charge in [-0.15, -0.1) is 0 Å². The molecule has 3 aromatic carbocycles. The second kappa shape index (κ2) is 6.19. The highest BCUT2D eigenvalue weighted by atomic mass is 35.5. The highest BCUT2D eigenvalue weighted by Crippen LogP contribution is 2.64. The molecule has 3 nitrogen and oxygen atoms in total. The molecule has 1 atom stereocenters. The standard InChI is InChI=1S/C25H18ClN3/c1-29-23(17-10-12-18(26)13-11-17)24(15-27,16-28)14-25(29)21-8-4-2-6-19(21)20-7-3-5-9-22(20)25/h2-13,23H,14H2,1H3/t23-/m1/s1. The maximum Gasteiger partial charge on any atom is 0.165 e. The number of benzene rings is 3. The summed E-state index contributed by atoms with van der Waals surface area (Å²) in [6, 6.07) is 28.6. The Balaban J connectivity index is 1.81. The van der Waals surface area contributed by atoms with E-state index < -0.39 is 11.0 Å². The zero-order valence-electron chi connectivity index (χ0n) is 15.9. The van der Waals surface area contributed by atoms with E-state index in [4.69, 9.17) is 11.6 Å². The van der Waals surface area contributed by atoms with Crippen molar-refractivity contribution >= 4 is 11.6 Å². The van der Waals surface area contributed by atoms with Crippen LogP contribution in [0.25, 0.3) is 11.1 Å². The van der Waals surface area contributed by atoms with Crippen LogP contribution < -0.4 is 0 Å². The summed E-state index contributed by atoms with van der Waals surface area (Å²) in [4.78, 5) is 2.23. The number of hydrogen-bond acceptors (Lipinski definition) is 3. The lowest BCUT2D eigenvalue weighted by molar-refractivity contribution is 0.168. The van der Waals surface area contributed by atoms with Crippen molar-refractivity contribution in [2.24, 2.45) is 5.41 Å². The largest absolute Gasteiger partial charge is 0.283 e. The van der Waals surface area contributed by atoms with Crippen LogP contribution in [0.4, 0.5) is 0 Å². The SMILES string of the molecule is CN1[C@H](c2ccc(Cl)cc2)C(C#N)(C#N)CC12c1ccccc1-c1ccccc12. The lowest BCUT2D eigenvalue weighted by atomic mass is 9.74. The van der Waals surface area contributed by atoms with Gasteiger partial charge in [0.05, 0.1) is 23.7 Å². The van der Waals surface area contributed by atoms with Crippen LogP contribution in [0.3, 0.4) is 0 Å². The molecule has 0 amide bonds. The van der Waals surface area contributed by atoms with Crippen LogP contribution in [0.1, 0.15) is 29.2 Å². The summed E-state index contributed by atoms with van der Waals surface area (Å²) in [6.07, 6.45) is 0.421. The monoisotopic (exact) mass is 395 g/mol. The van der Waals surface area contributed by atoms with Crippen LogP contribution in [0.5, 0.6) is 0 Å². The first-order valence-corrected chi connectivity index (χ1v) is 9.95. The summed E-state index contributed by atoms with van der Waals surface area (Å²) >= 11 is 6.10. The fourth-order valence-corrected chi connectivity index (χ4v) is 5.55. The number of halogens is 1. The molecule has 1 saturated heterocycles. The molecule has 0 aromatic heterocycles. The maximum atomic E-state index is 10.2. The minimum Gasteiger partial charge on any atom is -0.283 e. The van der Waals surface area contributed by atoms with Gasteiger partial charge in [0.25, 0.3) is 0 Å². The third-order valence-electron chi connectivity index (χ3n) is 6.61. The Bertz CT molecular complexity index is 1140. The molecule has 0 bridgehead atoms. The lowest BCUT2D eigenvalue weighted by Gasteiger charge is -2.37. The fourth-order valence-electron chi connectivity index (χ4n) is 5.43. The Morgan fingerprint density at radius 3 is 1.90 bits per heavy atom. The van der Waals surface area contributed by atoms with Gasteiger partial charge in [0.15, 0.2) is 5.41 Å². The first kappa shape index (κ1) is 18.0. The molecule has 1 aliphatic heterocycles. The Hall–Kier alpha value is -3.11. The van der Waals surface area contributed by atoms with Crippen LogP contribution >= 0.6 is 11.6 Å². The van der Waals surface area contributed by atoms with Crippen molar-refractivity contribution in [2.45, 2.75) is 18.0 Å². The molecular weight excluding hydrogens is 378 g/mol. The smallest absolute Gasteiger partial charge is 0.165 e. The van der Waals surface area contributed by atoms with Crippen LogP contribution in [0.15, 0.2) is 72.8 Å². The third-order valence-corrected chi connectivity index (χ3v) is 6.86. The molecule has 1 fully saturated rings. The third kappa shape index (κ3) is 2.21. The van der Waals surface area contributed by atoms with Crippen molar-refractivity contribution in [1.82, 2.24) is 4.90 Å². The van der Waals surface area contributed by atoms with Gasteiger partial charge in [-0.25, -0.2) is 0 Å². The van der Waals surface area contributed by atoms with Gasteiger partial charge in [-0.3, -0.25) is 4.90 Å². The fraction of sp³-hybridized carbons (Fsp3) is 0.200. The van der Waals surface area contributed by atoms with Crippen molar-refractivity contribution in [3.63, 3.8) is 0 Å². The van der Waals surface area contributed by atoms with E-state index in [0.29, 0.717) is 11.4 Å². The van der Waals surface area contributed by atoms with E-state index >= 15 is 0 Å². The number of likely N-dealkylation sites (tertiary alicyclic amines) is 1. The number of fused-ring (bicyclic) bond motifs is 5. The van der Waals surface area contributed by atoms with Gasteiger partial charge in [-0.2, -0.15) is 10.5 Å². The minimum atomic E-state index is -1.17. The number of nitrogens with zero attached hydrogens (tertiary/aromatic N) is 3. The summed E-state index contributed by atoms with van der Waals surface area (Å²) in [5, 5.41) is 21.1. The van der Waals surface area contributed by atoms with Crippen LogP contribution in [0, 0.1) is 28.1 Å². The molecule has 1 aliphatic carbocycles. The Morgan fingerprint density at radius 2 is 1.38 bits per heavy atom. The number of hydrogen-bond donors (Lipinski definition) is 0. The summed E-state index contributed by atoms with van der Waals surface area (Å²) in [5.74, 6) is 0. The summed E-state index contributed by atoms with van der Waals surface area (Å²) in [7, 11) is 2.04. The molecule has 4 heteroatoms. The first-order chi connectivity index (χ1) is 14.1. The molecule has 29 heavy (non-hydrogen) atoms. The van der Waals surface area contributed by atoms with Gasteiger partial charge in [0.2, 0.25) is 0 Å². The molecule has 5 rings (SSSR count). The molecule has 1 spiro atoms. The number of nitriles is 2. The van der Waals surface area contributed by atoms with Crippen LogP contribution in [-0.4, -0.2) is 11.9 Å². The zero-order valence-corrected chi connectivity index (χ0v) is 16.7. The topological polar surface area (TPSA) is 50.8 Å². The van der Waals surface area contributed by atoms with Crippen molar-refractivity contribution in [2.75, 3.05) is 7.05 Å². The van der Waals surface area contributed by atoms with Gasteiger partial charge >= 0.3 is 0 Å². The van der Waals surface area contributed by atoms with Gasteiger partial charge in [-0.1, -0.05) is 72.3 Å². The number of rotatable bonds is 1. The Kier molecular flexibility index (Phi) is 3.83. The Labute approximate surface area is 175 Å². The molecular formula is C25H18ClN3. The zero-order chi connectivity index (χ0) is 20.2. The average molecular weight is 396 g/mol. The molecule has 3 aromatic rings. The highest BCUT2D eigenvalue weighted by Gasteiger charge is 2.63.